The van der Waals surface area contributed by atoms with Gasteiger partial charge in [-0.25, -0.2) is 4.79 Å². The third kappa shape index (κ3) is 7.45. The normalized spacial score (nSPS) is 15.6. The van der Waals surface area contributed by atoms with Gasteiger partial charge in [0, 0.05) is 12.6 Å². The van der Waals surface area contributed by atoms with Gasteiger partial charge in [-0.05, 0) is 71.4 Å². The Morgan fingerprint density at radius 1 is 1.21 bits per heavy atom. The van der Waals surface area contributed by atoms with E-state index in [1.807, 2.05) is 39.0 Å². The molecule has 1 aliphatic carbocycles. The number of hydrogen-bond acceptors (Lipinski definition) is 5. The van der Waals surface area contributed by atoms with Crippen molar-refractivity contribution in [2.45, 2.75) is 97.4 Å². The van der Waals surface area contributed by atoms with Crippen LogP contribution in [-0.4, -0.2) is 58.8 Å². The molecule has 3 N–H and O–H groups in total. The molecule has 0 aliphatic heterocycles. The van der Waals surface area contributed by atoms with Crippen molar-refractivity contribution >= 4 is 17.9 Å². The molecule has 1 fully saturated rings. The molecule has 1 aromatic carbocycles. The number of nitrogens with one attached hydrogen (secondary N) is 2. The number of carbonyl (C=O) groups is 3. The van der Waals surface area contributed by atoms with Gasteiger partial charge in [-0.3, -0.25) is 9.59 Å². The number of carbonyl (C=O) groups excluding carboxylic acids is 3. The Labute approximate surface area is 203 Å². The quantitative estimate of drug-likeness (QED) is 0.449. The molecule has 0 saturated heterocycles. The summed E-state index contributed by atoms with van der Waals surface area (Å²) in [5.74, 6) is -0.744. The Bertz CT molecular complexity index is 860. The Hall–Kier alpha value is -2.61. The number of alkyl carbamates (subject to hydrolysis) is 1. The maximum absolute atomic E-state index is 13.8. The van der Waals surface area contributed by atoms with Gasteiger partial charge in [0.25, 0.3) is 0 Å². The first kappa shape index (κ1) is 27.6. The maximum Gasteiger partial charge on any atom is 0.408 e. The molecule has 8 nitrogen and oxygen atoms in total. The van der Waals surface area contributed by atoms with Gasteiger partial charge in [0.1, 0.15) is 17.7 Å². The highest BCUT2D eigenvalue weighted by Gasteiger charge is 2.42. The third-order valence-corrected chi connectivity index (χ3v) is 5.98. The minimum Gasteiger partial charge on any atom is -0.444 e. The zero-order chi connectivity index (χ0) is 25.5. The molecule has 1 aliphatic rings. The first-order valence-electron chi connectivity index (χ1n) is 12.3. The van der Waals surface area contributed by atoms with Gasteiger partial charge in [-0.1, -0.05) is 37.1 Å². The lowest BCUT2D eigenvalue weighted by molar-refractivity contribution is -0.148. The summed E-state index contributed by atoms with van der Waals surface area (Å²) in [5, 5.41) is 15.5. The highest BCUT2D eigenvalue weighted by molar-refractivity contribution is 5.92. The van der Waals surface area contributed by atoms with E-state index in [0.29, 0.717) is 6.54 Å². The number of aryl methyl sites for hydroxylation is 2. The van der Waals surface area contributed by atoms with Gasteiger partial charge in [-0.15, -0.1) is 0 Å². The summed E-state index contributed by atoms with van der Waals surface area (Å²) in [5.41, 5.74) is 1.89. The minimum atomic E-state index is -1.22. The Morgan fingerprint density at radius 3 is 2.41 bits per heavy atom. The van der Waals surface area contributed by atoms with Gasteiger partial charge in [0.2, 0.25) is 11.8 Å². The van der Waals surface area contributed by atoms with Crippen molar-refractivity contribution in [2.75, 3.05) is 13.2 Å². The van der Waals surface area contributed by atoms with Crippen LogP contribution in [0.2, 0.25) is 0 Å². The van der Waals surface area contributed by atoms with Crippen molar-refractivity contribution in [2.24, 2.45) is 0 Å². The Kier molecular flexibility index (Phi) is 9.91. The van der Waals surface area contributed by atoms with E-state index in [0.717, 1.165) is 48.8 Å². The molecule has 3 amide bonds. The van der Waals surface area contributed by atoms with Crippen molar-refractivity contribution in [3.63, 3.8) is 0 Å². The SMILES string of the molecule is CCCCNC(=O)C(c1cc(C)ccc1C)N(C(=O)C(CO)NC(=O)OC(C)(C)C)C1CCC1. The number of nitrogens with zero attached hydrogens (tertiary/aromatic N) is 1. The summed E-state index contributed by atoms with van der Waals surface area (Å²) in [6.45, 7) is 11.0. The van der Waals surface area contributed by atoms with Crippen molar-refractivity contribution < 1.29 is 24.2 Å². The highest BCUT2D eigenvalue weighted by atomic mass is 16.6. The van der Waals surface area contributed by atoms with Gasteiger partial charge >= 0.3 is 6.09 Å². The molecular weight excluding hydrogens is 434 g/mol. The molecule has 0 heterocycles. The number of hydrogen-bond donors (Lipinski definition) is 3. The number of unbranched alkanes of at least 4 members (excludes halogenated alkanes) is 1. The largest absolute Gasteiger partial charge is 0.444 e. The summed E-state index contributed by atoms with van der Waals surface area (Å²) in [6.07, 6.45) is 3.46. The van der Waals surface area contributed by atoms with E-state index in [2.05, 4.69) is 10.6 Å². The van der Waals surface area contributed by atoms with E-state index >= 15 is 0 Å². The second-order valence-electron chi connectivity index (χ2n) is 10.1. The zero-order valence-electron chi connectivity index (χ0n) is 21.4. The molecule has 0 spiro atoms. The fourth-order valence-corrected chi connectivity index (χ4v) is 3.96. The van der Waals surface area contributed by atoms with Crippen LogP contribution in [0.3, 0.4) is 0 Å². The van der Waals surface area contributed by atoms with Crippen molar-refractivity contribution in [1.82, 2.24) is 15.5 Å². The highest BCUT2D eigenvalue weighted by Crippen LogP contribution is 2.35. The summed E-state index contributed by atoms with van der Waals surface area (Å²) >= 11 is 0. The molecule has 2 unspecified atom stereocenters. The predicted molar refractivity (Wildman–Crippen MR) is 131 cm³/mol. The molecule has 0 bridgehead atoms. The molecule has 1 aromatic rings. The Balaban J connectivity index is 2.44. The number of aliphatic hydroxyl groups excluding tert-OH is 1. The van der Waals surface area contributed by atoms with E-state index in [1.54, 1.807) is 25.7 Å². The number of aliphatic hydroxyl groups is 1. The van der Waals surface area contributed by atoms with Crippen molar-refractivity contribution in [1.29, 1.82) is 0 Å². The third-order valence-electron chi connectivity index (χ3n) is 5.98. The Morgan fingerprint density at radius 2 is 1.88 bits per heavy atom. The zero-order valence-corrected chi connectivity index (χ0v) is 21.4. The van der Waals surface area contributed by atoms with E-state index in [4.69, 9.17) is 4.74 Å². The first-order valence-corrected chi connectivity index (χ1v) is 12.3. The average molecular weight is 476 g/mol. The van der Waals surface area contributed by atoms with Crippen LogP contribution >= 0.6 is 0 Å². The van der Waals surface area contributed by atoms with Crippen molar-refractivity contribution in [3.8, 4) is 0 Å². The van der Waals surface area contributed by atoms with Gasteiger partial charge in [-0.2, -0.15) is 0 Å². The van der Waals surface area contributed by atoms with Crippen molar-refractivity contribution in [3.05, 3.63) is 34.9 Å². The second kappa shape index (κ2) is 12.2. The molecule has 2 rings (SSSR count). The number of benzene rings is 1. The van der Waals surface area contributed by atoms with E-state index in [9.17, 15) is 19.5 Å². The number of rotatable bonds is 10. The molecular formula is C26H41N3O5. The average Bonchev–Trinajstić information content (AvgIpc) is 2.71. The van der Waals surface area contributed by atoms with Gasteiger partial charge < -0.3 is 25.4 Å². The minimum absolute atomic E-state index is 0.149. The lowest BCUT2D eigenvalue weighted by Gasteiger charge is -2.43. The number of ether oxygens (including phenoxy) is 1. The second-order valence-corrected chi connectivity index (χ2v) is 10.1. The summed E-state index contributed by atoms with van der Waals surface area (Å²) in [6, 6.07) is 3.64. The topological polar surface area (TPSA) is 108 Å². The monoisotopic (exact) mass is 475 g/mol. The predicted octanol–water partition coefficient (Wildman–Crippen LogP) is 3.53. The molecule has 2 atom stereocenters. The lowest BCUT2D eigenvalue weighted by atomic mass is 9.87. The van der Waals surface area contributed by atoms with Crippen LogP contribution in [0.5, 0.6) is 0 Å². The van der Waals surface area contributed by atoms with Crippen LogP contribution in [0.4, 0.5) is 4.79 Å². The maximum atomic E-state index is 13.8. The van der Waals surface area contributed by atoms with E-state index in [-0.39, 0.29) is 11.9 Å². The van der Waals surface area contributed by atoms with E-state index < -0.39 is 36.3 Å². The first-order chi connectivity index (χ1) is 16.0. The van der Waals surface area contributed by atoms with Crippen LogP contribution in [0, 0.1) is 13.8 Å². The standard InChI is InChI=1S/C26H41N3O5/c1-7-8-14-27-23(31)22(20-15-17(2)12-13-18(20)3)29(19-10-9-11-19)24(32)21(16-30)28-25(33)34-26(4,5)6/h12-13,15,19,21-22,30H,7-11,14,16H2,1-6H3,(H,27,31)(H,28,33). The summed E-state index contributed by atoms with van der Waals surface area (Å²) in [7, 11) is 0. The summed E-state index contributed by atoms with van der Waals surface area (Å²) in [4.78, 5) is 41.2. The molecule has 190 valence electrons. The van der Waals surface area contributed by atoms with Crippen LogP contribution in [0.15, 0.2) is 18.2 Å². The molecule has 0 aromatic heterocycles. The molecule has 0 radical (unpaired) electrons. The fraction of sp³-hybridized carbons (Fsp3) is 0.654. The van der Waals surface area contributed by atoms with Crippen LogP contribution in [0.1, 0.15) is 82.5 Å². The number of amides is 3. The fourth-order valence-electron chi connectivity index (χ4n) is 3.96. The van der Waals surface area contributed by atoms with Crippen LogP contribution in [-0.2, 0) is 14.3 Å². The lowest BCUT2D eigenvalue weighted by Crippen LogP contribution is -2.58. The van der Waals surface area contributed by atoms with Gasteiger partial charge in [0.05, 0.1) is 6.61 Å². The van der Waals surface area contributed by atoms with Crippen LogP contribution in [0.25, 0.3) is 0 Å². The van der Waals surface area contributed by atoms with Crippen LogP contribution < -0.4 is 10.6 Å². The van der Waals surface area contributed by atoms with Gasteiger partial charge in [0.15, 0.2) is 0 Å². The van der Waals surface area contributed by atoms with E-state index in [1.165, 1.54) is 0 Å². The molecule has 34 heavy (non-hydrogen) atoms. The summed E-state index contributed by atoms with van der Waals surface area (Å²) < 4.78 is 5.28. The molecule has 8 heteroatoms. The smallest absolute Gasteiger partial charge is 0.408 e. The molecule has 1 saturated carbocycles.